The molecule has 1 fully saturated rings. The summed E-state index contributed by atoms with van der Waals surface area (Å²) in [6.45, 7) is 2.37. The van der Waals surface area contributed by atoms with Crippen molar-refractivity contribution in [2.24, 2.45) is 0 Å². The molecule has 1 aromatic carbocycles. The summed E-state index contributed by atoms with van der Waals surface area (Å²) in [6, 6.07) is 7.74. The fourth-order valence-electron chi connectivity index (χ4n) is 3.44. The van der Waals surface area contributed by atoms with Crippen molar-refractivity contribution in [3.63, 3.8) is 0 Å². The van der Waals surface area contributed by atoms with E-state index >= 15 is 0 Å². The van der Waals surface area contributed by atoms with E-state index in [1.54, 1.807) is 9.58 Å². The Balaban J connectivity index is 1.73. The van der Waals surface area contributed by atoms with Crippen molar-refractivity contribution in [3.8, 4) is 0 Å². The number of fused-ring (bicyclic) bond motifs is 1. The molecule has 1 aliphatic heterocycles. The molecule has 0 N–H and O–H groups in total. The van der Waals surface area contributed by atoms with Crippen molar-refractivity contribution in [2.45, 2.75) is 45.2 Å². The summed E-state index contributed by atoms with van der Waals surface area (Å²) in [6.07, 6.45) is 4.10. The van der Waals surface area contributed by atoms with Crippen LogP contribution in [0.2, 0.25) is 0 Å². The number of anilines is 1. The molecule has 114 valence electrons. The van der Waals surface area contributed by atoms with Crippen molar-refractivity contribution in [3.05, 3.63) is 46.1 Å². The Labute approximate surface area is 128 Å². The molecule has 1 aromatic heterocycles. The van der Waals surface area contributed by atoms with Gasteiger partial charge in [0.15, 0.2) is 5.82 Å². The van der Waals surface area contributed by atoms with Gasteiger partial charge in [0.05, 0.1) is 12.6 Å². The second kappa shape index (κ2) is 4.83. The molecule has 0 unspecified atom stereocenters. The van der Waals surface area contributed by atoms with E-state index in [9.17, 15) is 9.59 Å². The van der Waals surface area contributed by atoms with Crippen LogP contribution < -0.4 is 10.6 Å². The van der Waals surface area contributed by atoms with Crippen molar-refractivity contribution in [2.75, 3.05) is 4.90 Å². The first-order valence-electron chi connectivity index (χ1n) is 7.74. The lowest BCUT2D eigenvalue weighted by molar-refractivity contribution is 0.240. The SMILES string of the molecule is Cc1ccc(N2Cc3nc(=O)n(C4CCCC4)n3C2=O)cc1. The normalized spacial score (nSPS) is 18.2. The first kappa shape index (κ1) is 13.3. The third-order valence-electron chi connectivity index (χ3n) is 4.61. The molecule has 1 saturated carbocycles. The quantitative estimate of drug-likeness (QED) is 0.855. The lowest BCUT2D eigenvalue weighted by Gasteiger charge is -2.18. The lowest BCUT2D eigenvalue weighted by Crippen LogP contribution is -2.35. The molecule has 4 rings (SSSR count). The van der Waals surface area contributed by atoms with Crippen LogP contribution in [0.25, 0.3) is 0 Å². The van der Waals surface area contributed by atoms with Crippen LogP contribution in [-0.4, -0.2) is 20.4 Å². The summed E-state index contributed by atoms with van der Waals surface area (Å²) in [4.78, 5) is 30.7. The number of nitrogens with zero attached hydrogens (tertiary/aromatic N) is 4. The molecule has 2 aliphatic rings. The first-order valence-corrected chi connectivity index (χ1v) is 7.74. The summed E-state index contributed by atoms with van der Waals surface area (Å²) in [5.41, 5.74) is 1.70. The van der Waals surface area contributed by atoms with Gasteiger partial charge in [0.25, 0.3) is 0 Å². The second-order valence-corrected chi connectivity index (χ2v) is 6.11. The van der Waals surface area contributed by atoms with E-state index in [-0.39, 0.29) is 17.8 Å². The fraction of sp³-hybridized carbons (Fsp3) is 0.438. The average Bonchev–Trinajstić information content (AvgIpc) is 3.18. The van der Waals surface area contributed by atoms with Gasteiger partial charge in [-0.25, -0.2) is 14.3 Å². The molecule has 0 bridgehead atoms. The van der Waals surface area contributed by atoms with E-state index in [1.165, 1.54) is 4.68 Å². The van der Waals surface area contributed by atoms with E-state index in [4.69, 9.17) is 0 Å². The van der Waals surface area contributed by atoms with Gasteiger partial charge in [0.1, 0.15) is 0 Å². The van der Waals surface area contributed by atoms with Crippen LogP contribution in [0.1, 0.15) is 43.1 Å². The van der Waals surface area contributed by atoms with Gasteiger partial charge < -0.3 is 0 Å². The highest BCUT2D eigenvalue weighted by molar-refractivity contribution is 5.95. The maximum atomic E-state index is 12.8. The monoisotopic (exact) mass is 298 g/mol. The first-order chi connectivity index (χ1) is 10.6. The number of hydrogen-bond acceptors (Lipinski definition) is 3. The Hall–Kier alpha value is -2.37. The summed E-state index contributed by atoms with van der Waals surface area (Å²) in [5, 5.41) is 0. The molecule has 2 aromatic rings. The van der Waals surface area contributed by atoms with E-state index in [0.29, 0.717) is 12.4 Å². The lowest BCUT2D eigenvalue weighted by atomic mass is 10.2. The minimum atomic E-state index is -0.293. The zero-order valence-electron chi connectivity index (χ0n) is 12.5. The number of aromatic nitrogens is 3. The van der Waals surface area contributed by atoms with Crippen molar-refractivity contribution < 1.29 is 4.79 Å². The van der Waals surface area contributed by atoms with Gasteiger partial charge in [0.2, 0.25) is 0 Å². The Bertz CT molecular complexity index is 781. The third-order valence-corrected chi connectivity index (χ3v) is 4.61. The highest BCUT2D eigenvalue weighted by atomic mass is 16.2. The molecule has 0 spiro atoms. The maximum Gasteiger partial charge on any atom is 0.364 e. The average molecular weight is 298 g/mol. The summed E-state index contributed by atoms with van der Waals surface area (Å²) < 4.78 is 3.05. The number of carbonyl (C=O) groups excluding carboxylic acids is 1. The van der Waals surface area contributed by atoms with Crippen LogP contribution in [0.5, 0.6) is 0 Å². The molecule has 6 nitrogen and oxygen atoms in total. The Morgan fingerprint density at radius 2 is 1.77 bits per heavy atom. The van der Waals surface area contributed by atoms with Gasteiger partial charge >= 0.3 is 11.7 Å². The molecule has 0 saturated heterocycles. The number of hydrogen-bond donors (Lipinski definition) is 0. The third kappa shape index (κ3) is 1.90. The smallest absolute Gasteiger partial charge is 0.285 e. The van der Waals surface area contributed by atoms with Crippen LogP contribution >= 0.6 is 0 Å². The van der Waals surface area contributed by atoms with Gasteiger partial charge in [-0.1, -0.05) is 30.5 Å². The van der Waals surface area contributed by atoms with Crippen molar-refractivity contribution in [1.82, 2.24) is 14.3 Å². The molecule has 0 atom stereocenters. The van der Waals surface area contributed by atoms with Crippen LogP contribution in [0.4, 0.5) is 10.5 Å². The molecule has 1 amide bonds. The molecule has 0 radical (unpaired) electrons. The standard InChI is InChI=1S/C16H18N4O2/c1-11-6-8-12(9-7-11)18-10-14-17-15(21)19(20(14)16(18)22)13-4-2-3-5-13/h6-9,13H,2-5,10H2,1H3. The fourth-order valence-corrected chi connectivity index (χ4v) is 3.44. The molecular formula is C16H18N4O2. The summed E-state index contributed by atoms with van der Waals surface area (Å²) >= 11 is 0. The van der Waals surface area contributed by atoms with Crippen LogP contribution in [0.3, 0.4) is 0 Å². The van der Waals surface area contributed by atoms with E-state index in [1.807, 2.05) is 31.2 Å². The highest BCUT2D eigenvalue weighted by Crippen LogP contribution is 2.30. The maximum absolute atomic E-state index is 12.8. The largest absolute Gasteiger partial charge is 0.364 e. The van der Waals surface area contributed by atoms with Crippen molar-refractivity contribution >= 4 is 11.7 Å². The van der Waals surface area contributed by atoms with Crippen molar-refractivity contribution in [1.29, 1.82) is 0 Å². The topological polar surface area (TPSA) is 60.1 Å². The molecule has 22 heavy (non-hydrogen) atoms. The summed E-state index contributed by atoms with van der Waals surface area (Å²) in [7, 11) is 0. The van der Waals surface area contributed by atoms with Crippen LogP contribution in [-0.2, 0) is 6.54 Å². The molecule has 6 heteroatoms. The highest BCUT2D eigenvalue weighted by Gasteiger charge is 2.35. The van der Waals surface area contributed by atoms with Gasteiger partial charge in [-0.2, -0.15) is 9.67 Å². The summed E-state index contributed by atoms with van der Waals surface area (Å²) in [5.74, 6) is 0.544. The zero-order chi connectivity index (χ0) is 15.3. The van der Waals surface area contributed by atoms with E-state index < -0.39 is 0 Å². The predicted octanol–water partition coefficient (Wildman–Crippen LogP) is 2.46. The van der Waals surface area contributed by atoms with Gasteiger partial charge in [-0.3, -0.25) is 4.90 Å². The second-order valence-electron chi connectivity index (χ2n) is 6.11. The molecular weight excluding hydrogens is 280 g/mol. The van der Waals surface area contributed by atoms with Gasteiger partial charge in [-0.15, -0.1) is 0 Å². The Morgan fingerprint density at radius 1 is 1.09 bits per heavy atom. The Morgan fingerprint density at radius 3 is 2.45 bits per heavy atom. The van der Waals surface area contributed by atoms with Crippen LogP contribution in [0, 0.1) is 6.92 Å². The number of benzene rings is 1. The Kier molecular flexibility index (Phi) is 2.92. The number of carbonyl (C=O) groups is 1. The van der Waals surface area contributed by atoms with Gasteiger partial charge in [-0.05, 0) is 31.9 Å². The number of aryl methyl sites for hydroxylation is 1. The number of rotatable bonds is 2. The molecule has 2 heterocycles. The minimum Gasteiger partial charge on any atom is -0.285 e. The van der Waals surface area contributed by atoms with Crippen LogP contribution in [0.15, 0.2) is 29.1 Å². The zero-order valence-corrected chi connectivity index (χ0v) is 12.5. The van der Waals surface area contributed by atoms with E-state index in [0.717, 1.165) is 36.9 Å². The molecule has 1 aliphatic carbocycles. The predicted molar refractivity (Wildman–Crippen MR) is 82.1 cm³/mol. The minimum absolute atomic E-state index is 0.107. The number of amides is 1. The van der Waals surface area contributed by atoms with Gasteiger partial charge in [0, 0.05) is 5.69 Å². The van der Waals surface area contributed by atoms with E-state index in [2.05, 4.69) is 4.98 Å².